The highest BCUT2D eigenvalue weighted by atomic mass is 16.6. The number of aliphatic hydroxyl groups excluding tert-OH is 4. The summed E-state index contributed by atoms with van der Waals surface area (Å²) in [5, 5.41) is 42.5. The van der Waals surface area contributed by atoms with Gasteiger partial charge in [-0.2, -0.15) is 0 Å². The van der Waals surface area contributed by atoms with Gasteiger partial charge in [-0.05, 0) is 5.53 Å². The Morgan fingerprint density at radius 1 is 1.50 bits per heavy atom. The normalized spacial score (nSPS) is 38.2. The zero-order chi connectivity index (χ0) is 14.6. The predicted molar refractivity (Wildman–Crippen MR) is 55.9 cm³/mol. The van der Waals surface area contributed by atoms with Gasteiger partial charge in [0, 0.05) is 6.28 Å². The molecule has 10 nitrogen and oxygen atoms in total. The maximum atomic E-state index is 11.4. The van der Waals surface area contributed by atoms with Crippen LogP contribution in [-0.2, 0) is 9.53 Å². The van der Waals surface area contributed by atoms with E-state index in [1.54, 1.807) is 0 Å². The number of nitrogens with one attached hydrogen (secondary N) is 1. The Hall–Kier alpha value is -1.42. The van der Waals surface area contributed by atoms with Crippen molar-refractivity contribution in [3.8, 4) is 0 Å². The van der Waals surface area contributed by atoms with Gasteiger partial charge >= 0.3 is 0 Å². The quantitative estimate of drug-likeness (QED) is 0.209. The molecule has 5 N–H and O–H groups in total. The van der Waals surface area contributed by atoms with Gasteiger partial charge in [0.1, 0.15) is 30.9 Å². The SMILES string of the molecule is [2H]C(N=[N+]=[N-])C(=O)N[C@H]1C(O)O[C@H](CO)[C@@H](O)[C@@H]1O. The van der Waals surface area contributed by atoms with E-state index in [1.807, 2.05) is 5.32 Å². The van der Waals surface area contributed by atoms with E-state index in [0.717, 1.165) is 0 Å². The number of rotatable bonds is 4. The van der Waals surface area contributed by atoms with Crippen LogP contribution in [0, 0.1) is 0 Å². The minimum Gasteiger partial charge on any atom is -0.394 e. The lowest BCUT2D eigenvalue weighted by Crippen LogP contribution is -2.64. The molecule has 0 spiro atoms. The van der Waals surface area contributed by atoms with Gasteiger partial charge in [0.05, 0.1) is 6.61 Å². The predicted octanol–water partition coefficient (Wildman–Crippen LogP) is -2.79. The maximum Gasteiger partial charge on any atom is 0.226 e. The first kappa shape index (κ1) is 13.0. The summed E-state index contributed by atoms with van der Waals surface area (Å²) in [6.45, 7) is -2.42. The highest BCUT2D eigenvalue weighted by Gasteiger charge is 2.44. The first-order valence-corrected chi connectivity index (χ1v) is 4.99. The Kier molecular flexibility index (Phi) is 4.70. The third-order valence-electron chi connectivity index (χ3n) is 2.44. The number of aliphatic hydroxyl groups is 4. The fourth-order valence-corrected chi connectivity index (χ4v) is 1.53. The number of azide groups is 1. The number of hydrogen-bond donors (Lipinski definition) is 5. The molecule has 1 amide bonds. The molecule has 0 aliphatic carbocycles. The Morgan fingerprint density at radius 3 is 2.72 bits per heavy atom. The van der Waals surface area contributed by atoms with Crippen molar-refractivity contribution in [3.63, 3.8) is 0 Å². The van der Waals surface area contributed by atoms with Crippen molar-refractivity contribution >= 4 is 5.91 Å². The van der Waals surface area contributed by atoms with Crippen LogP contribution in [0.3, 0.4) is 0 Å². The second kappa shape index (κ2) is 6.50. The van der Waals surface area contributed by atoms with Crippen LogP contribution in [-0.4, -0.2) is 70.1 Å². The average molecular weight is 263 g/mol. The van der Waals surface area contributed by atoms with Crippen LogP contribution < -0.4 is 5.32 Å². The number of nitrogens with zero attached hydrogens (tertiary/aromatic N) is 3. The van der Waals surface area contributed by atoms with Crippen LogP contribution in [0.1, 0.15) is 1.37 Å². The first-order valence-electron chi connectivity index (χ1n) is 5.57. The van der Waals surface area contributed by atoms with E-state index in [0.29, 0.717) is 0 Å². The van der Waals surface area contributed by atoms with Gasteiger partial charge in [-0.3, -0.25) is 4.79 Å². The summed E-state index contributed by atoms with van der Waals surface area (Å²) in [6.07, 6.45) is -6.01. The van der Waals surface area contributed by atoms with Crippen LogP contribution in [0.4, 0.5) is 0 Å². The molecule has 0 aromatic heterocycles. The van der Waals surface area contributed by atoms with Gasteiger partial charge in [-0.1, -0.05) is 5.11 Å². The van der Waals surface area contributed by atoms with Gasteiger partial charge in [0.25, 0.3) is 0 Å². The summed E-state index contributed by atoms with van der Waals surface area (Å²) in [7, 11) is 0. The highest BCUT2D eigenvalue weighted by molar-refractivity contribution is 5.78. The molecule has 0 aromatic carbocycles. The van der Waals surface area contributed by atoms with Crippen molar-refractivity contribution in [3.05, 3.63) is 10.4 Å². The molecule has 1 aliphatic rings. The minimum atomic E-state index is -1.79. The first-order chi connectivity index (χ1) is 8.92. The number of carbonyl (C=O) groups excluding carboxylic acids is 1. The van der Waals surface area contributed by atoms with E-state index in [-0.39, 0.29) is 0 Å². The van der Waals surface area contributed by atoms with E-state index < -0.39 is 49.7 Å². The lowest BCUT2D eigenvalue weighted by atomic mass is 9.97. The molecule has 1 heterocycles. The molecule has 1 fully saturated rings. The highest BCUT2D eigenvalue weighted by Crippen LogP contribution is 2.19. The lowest BCUT2D eigenvalue weighted by Gasteiger charge is -2.40. The molecule has 6 atom stereocenters. The zero-order valence-corrected chi connectivity index (χ0v) is 9.12. The Balaban J connectivity index is 2.72. The van der Waals surface area contributed by atoms with Crippen molar-refractivity contribution in [1.82, 2.24) is 5.32 Å². The van der Waals surface area contributed by atoms with Gasteiger partial charge in [-0.25, -0.2) is 0 Å². The van der Waals surface area contributed by atoms with Crippen LogP contribution in [0.2, 0.25) is 0 Å². The van der Waals surface area contributed by atoms with E-state index in [2.05, 4.69) is 10.0 Å². The van der Waals surface area contributed by atoms with Crippen LogP contribution in [0.5, 0.6) is 0 Å². The van der Waals surface area contributed by atoms with Crippen LogP contribution >= 0.6 is 0 Å². The largest absolute Gasteiger partial charge is 0.394 e. The molecular formula is C8H14N4O6. The van der Waals surface area contributed by atoms with Crippen molar-refractivity contribution < 1.29 is 31.3 Å². The second-order valence-electron chi connectivity index (χ2n) is 3.60. The lowest BCUT2D eigenvalue weighted by molar-refractivity contribution is -0.253. The number of ether oxygens (including phenoxy) is 1. The van der Waals surface area contributed by atoms with Crippen molar-refractivity contribution in [2.75, 3.05) is 13.1 Å². The summed E-state index contributed by atoms with van der Waals surface area (Å²) in [5.41, 5.74) is 8.07. The van der Waals surface area contributed by atoms with E-state index >= 15 is 0 Å². The van der Waals surface area contributed by atoms with Gasteiger partial charge in [0.2, 0.25) is 5.91 Å². The number of hydrogen-bond acceptors (Lipinski definition) is 7. The fraction of sp³-hybridized carbons (Fsp3) is 0.875. The van der Waals surface area contributed by atoms with Crippen molar-refractivity contribution in [2.24, 2.45) is 5.11 Å². The van der Waals surface area contributed by atoms with E-state index in [1.165, 1.54) is 0 Å². The molecule has 0 bridgehead atoms. The molecule has 0 aromatic rings. The molecule has 0 saturated carbocycles. The van der Waals surface area contributed by atoms with Gasteiger partial charge in [-0.15, -0.1) is 0 Å². The van der Waals surface area contributed by atoms with Crippen molar-refractivity contribution in [2.45, 2.75) is 30.6 Å². The van der Waals surface area contributed by atoms with Gasteiger partial charge < -0.3 is 30.5 Å². The van der Waals surface area contributed by atoms with Gasteiger partial charge in [0.15, 0.2) is 6.29 Å². The molecule has 0 radical (unpaired) electrons. The molecule has 1 aliphatic heterocycles. The third-order valence-corrected chi connectivity index (χ3v) is 2.44. The Morgan fingerprint density at radius 2 is 2.17 bits per heavy atom. The molecule has 2 unspecified atom stereocenters. The molecular weight excluding hydrogens is 248 g/mol. The summed E-state index contributed by atoms with van der Waals surface area (Å²) in [6, 6.07) is -1.41. The standard InChI is InChI=1S/C8H14N4O6/c9-12-10-1-4(14)11-5-7(16)6(15)3(2-13)18-8(5)17/h3,5-8,13,15-17H,1-2H2,(H,11,14)/t3-,5-,6-,7-,8?/m1/s1/i1D/t1?,3-,5-,6-,7-,8?. The zero-order valence-electron chi connectivity index (χ0n) is 10.1. The average Bonchev–Trinajstić information content (AvgIpc) is 2.38. The number of carbonyl (C=O) groups is 1. The van der Waals surface area contributed by atoms with E-state index in [9.17, 15) is 20.1 Å². The maximum absolute atomic E-state index is 11.4. The Bertz CT molecular complexity index is 378. The molecule has 1 rings (SSSR count). The molecule has 102 valence electrons. The summed E-state index contributed by atoms with van der Waals surface area (Å²) >= 11 is 0. The summed E-state index contributed by atoms with van der Waals surface area (Å²) in [4.78, 5) is 13.6. The number of amides is 1. The molecule has 1 saturated heterocycles. The second-order valence-corrected chi connectivity index (χ2v) is 3.60. The van der Waals surface area contributed by atoms with Crippen LogP contribution in [0.15, 0.2) is 5.11 Å². The molecule has 10 heteroatoms. The Labute approximate surface area is 103 Å². The minimum absolute atomic E-state index is 0.629. The molecule has 18 heavy (non-hydrogen) atoms. The monoisotopic (exact) mass is 263 g/mol. The van der Waals surface area contributed by atoms with Crippen LogP contribution in [0.25, 0.3) is 10.4 Å². The van der Waals surface area contributed by atoms with Crippen molar-refractivity contribution in [1.29, 1.82) is 0 Å². The smallest absolute Gasteiger partial charge is 0.226 e. The fourth-order valence-electron chi connectivity index (χ4n) is 1.53. The van der Waals surface area contributed by atoms with E-state index in [4.69, 9.17) is 16.7 Å². The summed E-state index contributed by atoms with van der Waals surface area (Å²) < 4.78 is 11.9. The third kappa shape index (κ3) is 3.29. The topological polar surface area (TPSA) is 168 Å². The summed E-state index contributed by atoms with van der Waals surface area (Å²) in [5.74, 6) is -1.07.